The molecule has 0 unspecified atom stereocenters. The van der Waals surface area contributed by atoms with E-state index in [1.807, 2.05) is 0 Å². The topological polar surface area (TPSA) is 40.5 Å². The van der Waals surface area contributed by atoms with Gasteiger partial charge in [0.15, 0.2) is 0 Å². The van der Waals surface area contributed by atoms with Crippen LogP contribution in [0.15, 0.2) is 18.2 Å². The van der Waals surface area contributed by atoms with Gasteiger partial charge in [-0.3, -0.25) is 4.90 Å². The second kappa shape index (κ2) is 7.00. The molecule has 0 aliphatic heterocycles. The number of hydrogen-bond acceptors (Lipinski definition) is 3. The Morgan fingerprint density at radius 1 is 1.29 bits per heavy atom. The molecule has 0 bridgehead atoms. The first-order valence-electron chi connectivity index (χ1n) is 7.24. The van der Waals surface area contributed by atoms with Crippen LogP contribution in [0.1, 0.15) is 41.9 Å². The van der Waals surface area contributed by atoms with Gasteiger partial charge < -0.3 is 5.11 Å². The van der Waals surface area contributed by atoms with Crippen LogP contribution in [0.5, 0.6) is 0 Å². The smallest absolute Gasteiger partial charge is 0.346 e. The minimum atomic E-state index is -0.974. The van der Waals surface area contributed by atoms with Crippen molar-refractivity contribution in [2.75, 3.05) is 13.1 Å². The van der Waals surface area contributed by atoms with E-state index >= 15 is 0 Å². The standard InChI is InChI=1S/C16H20FNO2S/c1-3-8-18(9-4-2)10-11-14-12(17)6-5-7-13(14)21-15(11)16(19)20/h5-7H,3-4,8-10H2,1-2H3,(H,19,20). The minimum absolute atomic E-state index is 0.257. The molecule has 0 atom stereocenters. The Kier molecular flexibility index (Phi) is 5.31. The molecule has 0 amide bonds. The van der Waals surface area contributed by atoms with Gasteiger partial charge in [-0.05, 0) is 38.1 Å². The van der Waals surface area contributed by atoms with Crippen molar-refractivity contribution in [3.63, 3.8) is 0 Å². The molecule has 0 saturated heterocycles. The molecule has 114 valence electrons. The van der Waals surface area contributed by atoms with Crippen molar-refractivity contribution < 1.29 is 14.3 Å². The summed E-state index contributed by atoms with van der Waals surface area (Å²) in [7, 11) is 0. The highest BCUT2D eigenvalue weighted by Crippen LogP contribution is 2.34. The third-order valence-corrected chi connectivity index (χ3v) is 4.60. The zero-order chi connectivity index (χ0) is 15.4. The van der Waals surface area contributed by atoms with Crippen molar-refractivity contribution in [1.29, 1.82) is 0 Å². The molecule has 0 radical (unpaired) electrons. The summed E-state index contributed by atoms with van der Waals surface area (Å²) in [5.41, 5.74) is 0.613. The number of nitrogens with zero attached hydrogens (tertiary/aromatic N) is 1. The zero-order valence-corrected chi connectivity index (χ0v) is 13.2. The Balaban J connectivity index is 2.49. The SMILES string of the molecule is CCCN(CCC)Cc1c(C(=O)O)sc2cccc(F)c12. The van der Waals surface area contributed by atoms with Gasteiger partial charge in [0.2, 0.25) is 0 Å². The molecular formula is C16H20FNO2S. The molecule has 1 heterocycles. The Hall–Kier alpha value is -1.46. The molecule has 1 N–H and O–H groups in total. The highest BCUT2D eigenvalue weighted by Gasteiger charge is 2.21. The maximum Gasteiger partial charge on any atom is 0.346 e. The van der Waals surface area contributed by atoms with Crippen LogP contribution < -0.4 is 0 Å². The van der Waals surface area contributed by atoms with Crippen molar-refractivity contribution in [2.24, 2.45) is 0 Å². The van der Waals surface area contributed by atoms with E-state index in [1.165, 1.54) is 6.07 Å². The third-order valence-electron chi connectivity index (χ3n) is 3.42. The predicted molar refractivity (Wildman–Crippen MR) is 84.6 cm³/mol. The average molecular weight is 309 g/mol. The number of fused-ring (bicyclic) bond motifs is 1. The van der Waals surface area contributed by atoms with Crippen LogP contribution in [0.4, 0.5) is 4.39 Å². The van der Waals surface area contributed by atoms with Gasteiger partial charge in [0.1, 0.15) is 10.7 Å². The summed E-state index contributed by atoms with van der Waals surface area (Å²) in [6, 6.07) is 4.80. The van der Waals surface area contributed by atoms with Crippen molar-refractivity contribution in [2.45, 2.75) is 33.2 Å². The van der Waals surface area contributed by atoms with E-state index in [2.05, 4.69) is 18.7 Å². The Labute approximate surface area is 128 Å². The molecule has 5 heteroatoms. The molecule has 1 aromatic carbocycles. The van der Waals surface area contributed by atoms with Crippen molar-refractivity contribution in [3.8, 4) is 0 Å². The summed E-state index contributed by atoms with van der Waals surface area (Å²) in [6.07, 6.45) is 1.99. The van der Waals surface area contributed by atoms with Crippen molar-refractivity contribution in [1.82, 2.24) is 4.90 Å². The van der Waals surface area contributed by atoms with Gasteiger partial charge in [0.25, 0.3) is 0 Å². The van der Waals surface area contributed by atoms with E-state index in [1.54, 1.807) is 12.1 Å². The fraction of sp³-hybridized carbons (Fsp3) is 0.438. The van der Waals surface area contributed by atoms with Crippen LogP contribution in [0.2, 0.25) is 0 Å². The number of carboxylic acid groups (broad SMARTS) is 1. The molecule has 2 rings (SSSR count). The van der Waals surface area contributed by atoms with E-state index in [9.17, 15) is 14.3 Å². The number of carboxylic acids is 1. The lowest BCUT2D eigenvalue weighted by Gasteiger charge is -2.21. The number of halogens is 1. The Morgan fingerprint density at radius 2 is 1.95 bits per heavy atom. The van der Waals surface area contributed by atoms with Crippen LogP contribution >= 0.6 is 11.3 Å². The van der Waals surface area contributed by atoms with E-state index in [0.717, 1.165) is 37.3 Å². The van der Waals surface area contributed by atoms with Crippen LogP contribution in [-0.2, 0) is 6.54 Å². The van der Waals surface area contributed by atoms with Gasteiger partial charge in [-0.1, -0.05) is 19.9 Å². The molecule has 3 nitrogen and oxygen atoms in total. The first kappa shape index (κ1) is 15.9. The normalized spacial score (nSPS) is 11.4. The zero-order valence-electron chi connectivity index (χ0n) is 12.4. The number of thiophene rings is 1. The minimum Gasteiger partial charge on any atom is -0.477 e. The first-order chi connectivity index (χ1) is 10.1. The van der Waals surface area contributed by atoms with Gasteiger partial charge in [0.05, 0.1) is 0 Å². The molecule has 0 aliphatic carbocycles. The Morgan fingerprint density at radius 3 is 2.52 bits per heavy atom. The summed E-state index contributed by atoms with van der Waals surface area (Å²) < 4.78 is 14.8. The van der Waals surface area contributed by atoms with Gasteiger partial charge in [-0.25, -0.2) is 9.18 Å². The lowest BCUT2D eigenvalue weighted by molar-refractivity contribution is 0.0700. The molecule has 0 fully saturated rings. The Bertz CT molecular complexity index is 632. The molecule has 2 aromatic rings. The first-order valence-corrected chi connectivity index (χ1v) is 8.05. The number of hydrogen-bond donors (Lipinski definition) is 1. The lowest BCUT2D eigenvalue weighted by Crippen LogP contribution is -2.25. The summed E-state index contributed by atoms with van der Waals surface area (Å²) in [6.45, 7) is 6.45. The summed E-state index contributed by atoms with van der Waals surface area (Å²) in [5, 5.41) is 9.87. The van der Waals surface area contributed by atoms with Crippen LogP contribution in [0.25, 0.3) is 10.1 Å². The third kappa shape index (κ3) is 3.41. The van der Waals surface area contributed by atoms with Crippen LogP contribution in [0.3, 0.4) is 0 Å². The average Bonchev–Trinajstić information content (AvgIpc) is 2.80. The van der Waals surface area contributed by atoms with Crippen LogP contribution in [-0.4, -0.2) is 29.1 Å². The maximum absolute atomic E-state index is 14.1. The molecule has 1 aromatic heterocycles. The quantitative estimate of drug-likeness (QED) is 0.826. The van der Waals surface area contributed by atoms with Crippen molar-refractivity contribution >= 4 is 27.4 Å². The molecule has 21 heavy (non-hydrogen) atoms. The highest BCUT2D eigenvalue weighted by molar-refractivity contribution is 7.21. The number of carbonyl (C=O) groups is 1. The van der Waals surface area contributed by atoms with E-state index in [-0.39, 0.29) is 10.7 Å². The van der Waals surface area contributed by atoms with Crippen LogP contribution in [0, 0.1) is 5.82 Å². The second-order valence-corrected chi connectivity index (χ2v) is 6.16. The molecule has 0 aliphatic rings. The maximum atomic E-state index is 14.1. The molecule has 0 saturated carbocycles. The fourth-order valence-electron chi connectivity index (χ4n) is 2.62. The second-order valence-electron chi connectivity index (χ2n) is 5.10. The van der Waals surface area contributed by atoms with E-state index < -0.39 is 5.97 Å². The van der Waals surface area contributed by atoms with Gasteiger partial charge in [-0.15, -0.1) is 11.3 Å². The molecule has 0 spiro atoms. The number of rotatable bonds is 7. The monoisotopic (exact) mass is 309 g/mol. The summed E-state index contributed by atoms with van der Waals surface area (Å²) >= 11 is 1.16. The van der Waals surface area contributed by atoms with E-state index in [0.29, 0.717) is 22.2 Å². The number of benzene rings is 1. The summed E-state index contributed by atoms with van der Waals surface area (Å²) in [4.78, 5) is 13.9. The van der Waals surface area contributed by atoms with Gasteiger partial charge in [-0.2, -0.15) is 0 Å². The van der Waals surface area contributed by atoms with Gasteiger partial charge in [0, 0.05) is 22.2 Å². The van der Waals surface area contributed by atoms with Gasteiger partial charge >= 0.3 is 5.97 Å². The summed E-state index contributed by atoms with van der Waals surface area (Å²) in [5.74, 6) is -1.31. The largest absolute Gasteiger partial charge is 0.477 e. The fourth-order valence-corrected chi connectivity index (χ4v) is 3.68. The highest BCUT2D eigenvalue weighted by atomic mass is 32.1. The lowest BCUT2D eigenvalue weighted by atomic mass is 10.1. The predicted octanol–water partition coefficient (Wildman–Crippen LogP) is 4.36. The molecular weight excluding hydrogens is 289 g/mol. The number of aromatic carboxylic acids is 1. The van der Waals surface area contributed by atoms with Crippen molar-refractivity contribution in [3.05, 3.63) is 34.5 Å². The van der Waals surface area contributed by atoms with E-state index in [4.69, 9.17) is 0 Å².